The monoisotopic (exact) mass is 458 g/mol. The summed E-state index contributed by atoms with van der Waals surface area (Å²) in [7, 11) is 8.50. The van der Waals surface area contributed by atoms with Crippen molar-refractivity contribution in [2.45, 2.75) is 26.7 Å². The van der Waals surface area contributed by atoms with Crippen LogP contribution >= 0.6 is 0 Å². The van der Waals surface area contributed by atoms with E-state index < -0.39 is 16.2 Å². The summed E-state index contributed by atoms with van der Waals surface area (Å²) >= 11 is -3.32. The van der Waals surface area contributed by atoms with E-state index >= 15 is 0 Å². The molecule has 0 atom stereocenters. The summed E-state index contributed by atoms with van der Waals surface area (Å²) in [6.07, 6.45) is 10.6. The number of rotatable bonds is 4. The van der Waals surface area contributed by atoms with E-state index in [1.165, 1.54) is 22.5 Å². The van der Waals surface area contributed by atoms with Gasteiger partial charge >= 0.3 is 132 Å². The van der Waals surface area contributed by atoms with Crippen LogP contribution in [0.5, 0.6) is 0 Å². The summed E-state index contributed by atoms with van der Waals surface area (Å²) in [6.45, 7) is 4.29. The minimum absolute atomic E-state index is 0.942. The number of nitrogens with zero attached hydrogens (tertiary/aromatic N) is 4. The molecule has 0 bridgehead atoms. The number of hydrogen-bond donors (Lipinski definition) is 0. The third-order valence-electron chi connectivity index (χ3n) is 3.71. The Hall–Kier alpha value is -0.832. The zero-order valence-electron chi connectivity index (χ0n) is 13.9. The Kier molecular flexibility index (Phi) is 5.13. The Labute approximate surface area is 132 Å². The van der Waals surface area contributed by atoms with Crippen molar-refractivity contribution in [2.24, 2.45) is 6.99 Å². The molecule has 2 aliphatic carbocycles. The van der Waals surface area contributed by atoms with Gasteiger partial charge in [-0.15, -0.1) is 0 Å². The Morgan fingerprint density at radius 1 is 0.810 bits per heavy atom. The molecule has 0 aromatic rings. The van der Waals surface area contributed by atoms with Gasteiger partial charge in [0.25, 0.3) is 0 Å². The zero-order chi connectivity index (χ0) is 15.6. The van der Waals surface area contributed by atoms with Crippen LogP contribution < -0.4 is 0 Å². The van der Waals surface area contributed by atoms with E-state index in [2.05, 4.69) is 73.3 Å². The molecule has 0 radical (unpaired) electrons. The van der Waals surface area contributed by atoms with Gasteiger partial charge in [-0.05, 0) is 0 Å². The Bertz CT molecular complexity index is 604. The Morgan fingerprint density at radius 2 is 1.19 bits per heavy atom. The van der Waals surface area contributed by atoms with Crippen LogP contribution in [0.15, 0.2) is 53.8 Å². The van der Waals surface area contributed by atoms with Crippen LogP contribution in [-0.4, -0.2) is 35.1 Å². The van der Waals surface area contributed by atoms with Crippen molar-refractivity contribution in [3.05, 3.63) is 46.8 Å². The van der Waals surface area contributed by atoms with Crippen LogP contribution in [0.3, 0.4) is 0 Å². The van der Waals surface area contributed by atoms with Gasteiger partial charge in [0.05, 0.1) is 0 Å². The summed E-state index contributed by atoms with van der Waals surface area (Å²) in [5.41, 5.74) is 4.98. The molecule has 0 aliphatic heterocycles. The van der Waals surface area contributed by atoms with Crippen LogP contribution in [-0.2, 0) is 16.2 Å². The average Bonchev–Trinajstić information content (AvgIpc) is 2.98. The molecule has 4 nitrogen and oxygen atoms in total. The molecule has 0 amide bonds. The van der Waals surface area contributed by atoms with Gasteiger partial charge in [0, 0.05) is 0 Å². The topological polar surface area (TPSA) is 31.2 Å². The van der Waals surface area contributed by atoms with Crippen LogP contribution in [0.1, 0.15) is 26.7 Å². The predicted molar refractivity (Wildman–Crippen MR) is 85.1 cm³/mol. The third kappa shape index (κ3) is 3.33. The van der Waals surface area contributed by atoms with Crippen molar-refractivity contribution in [1.29, 1.82) is 0 Å². The van der Waals surface area contributed by atoms with E-state index in [4.69, 9.17) is 6.99 Å². The molecule has 0 heterocycles. The van der Waals surface area contributed by atoms with E-state index in [9.17, 15) is 0 Å². The van der Waals surface area contributed by atoms with Gasteiger partial charge in [-0.1, -0.05) is 0 Å². The zero-order valence-corrected chi connectivity index (χ0v) is 16.9. The molecule has 21 heavy (non-hydrogen) atoms. The maximum atomic E-state index is 5.23. The van der Waals surface area contributed by atoms with Gasteiger partial charge in [-0.3, -0.25) is 0 Å². The Balaban J connectivity index is 2.66. The summed E-state index contributed by atoms with van der Waals surface area (Å²) in [5.74, 6) is 0. The van der Waals surface area contributed by atoms with Crippen molar-refractivity contribution >= 4 is 0 Å². The second kappa shape index (κ2) is 6.51. The first-order valence-corrected chi connectivity index (χ1v) is 12.5. The third-order valence-corrected chi connectivity index (χ3v) is 14.1. The summed E-state index contributed by atoms with van der Waals surface area (Å²) < 4.78 is 15.0. The number of allylic oxidation sites excluding steroid dienone is 6. The molecule has 0 N–H and O–H groups in total. The van der Waals surface area contributed by atoms with Crippen LogP contribution in [0.2, 0.25) is 0 Å². The summed E-state index contributed by atoms with van der Waals surface area (Å²) in [5, 5.41) is 0. The van der Waals surface area contributed by atoms with Crippen LogP contribution in [0.25, 0.3) is 0 Å². The molecule has 2 aliphatic rings. The molecule has 0 saturated heterocycles. The normalized spacial score (nSPS) is 18.7. The second-order valence-electron chi connectivity index (χ2n) is 5.77. The first kappa shape index (κ1) is 16.5. The van der Waals surface area contributed by atoms with Crippen molar-refractivity contribution < 1.29 is 16.2 Å². The van der Waals surface area contributed by atoms with Crippen LogP contribution in [0, 0.1) is 0 Å². The van der Waals surface area contributed by atoms with Crippen molar-refractivity contribution in [3.63, 3.8) is 0 Å². The predicted octanol–water partition coefficient (Wildman–Crippen LogP) is 3.93. The van der Waals surface area contributed by atoms with Gasteiger partial charge in [0.1, 0.15) is 0 Å². The molecule has 5 heteroatoms. The molecular weight excluding hydrogens is 432 g/mol. The summed E-state index contributed by atoms with van der Waals surface area (Å²) in [6, 6.07) is 0. The molecule has 0 fully saturated rings. The van der Waals surface area contributed by atoms with Gasteiger partial charge in [0.2, 0.25) is 0 Å². The fraction of sp³-hybridized carbons (Fsp3) is 0.500. The van der Waals surface area contributed by atoms with Gasteiger partial charge < -0.3 is 0 Å². The van der Waals surface area contributed by atoms with E-state index in [-0.39, 0.29) is 0 Å². The van der Waals surface area contributed by atoms with E-state index in [1.54, 1.807) is 0 Å². The van der Waals surface area contributed by atoms with Crippen molar-refractivity contribution in [1.82, 2.24) is 6.92 Å². The fourth-order valence-corrected chi connectivity index (χ4v) is 10.9. The molecule has 0 unspecified atom stereocenters. The van der Waals surface area contributed by atoms with Gasteiger partial charge in [-0.2, -0.15) is 0 Å². The quantitative estimate of drug-likeness (QED) is 0.640. The number of hydrogen-bond acceptors (Lipinski definition) is 2. The van der Waals surface area contributed by atoms with Gasteiger partial charge in [0.15, 0.2) is 0 Å². The van der Waals surface area contributed by atoms with E-state index in [0.29, 0.717) is 0 Å². The molecule has 0 aromatic carbocycles. The standard InChI is InChI=1S/2C6H7N.2C2H6N.W/c2*1-5-3-2-4-6(5)7;2*1-3-2;/h2*2-3H,4H2,1H3;2*1-2H3;/q;;2*-1;+2. The van der Waals surface area contributed by atoms with Gasteiger partial charge in [-0.25, -0.2) is 0 Å². The second-order valence-corrected chi connectivity index (χ2v) is 15.8. The minimum atomic E-state index is -3.32. The molecule has 116 valence electrons. The Morgan fingerprint density at radius 3 is 1.43 bits per heavy atom. The fourth-order valence-electron chi connectivity index (χ4n) is 2.40. The van der Waals surface area contributed by atoms with Crippen molar-refractivity contribution in [3.8, 4) is 0 Å². The summed E-state index contributed by atoms with van der Waals surface area (Å²) in [4.78, 5) is 0. The van der Waals surface area contributed by atoms with Crippen molar-refractivity contribution in [2.75, 3.05) is 28.2 Å². The van der Waals surface area contributed by atoms with E-state index in [0.717, 1.165) is 12.8 Å². The molecular formula is C16H26N4W. The van der Waals surface area contributed by atoms with Crippen LogP contribution in [0.4, 0.5) is 0 Å². The molecule has 0 saturated carbocycles. The first-order valence-electron chi connectivity index (χ1n) is 7.23. The van der Waals surface area contributed by atoms with E-state index in [1.807, 2.05) is 0 Å². The molecule has 0 spiro atoms. The maximum absolute atomic E-state index is 5.23. The molecule has 0 aromatic heterocycles. The SMILES string of the molecule is CC1=C([N]=[W](=[N]C2=C(C)C=CC2)([N](C)C)[N](C)C)CC=C1. The average molecular weight is 458 g/mol. The first-order chi connectivity index (χ1) is 9.86. The molecule has 2 rings (SSSR count).